The first-order chi connectivity index (χ1) is 13.6. The molecule has 0 bridgehead atoms. The fraction of sp³-hybridized carbons (Fsp3) is 0.238. The molecule has 2 heterocycles. The number of nitrogens with zero attached hydrogens (tertiary/aromatic N) is 1. The highest BCUT2D eigenvalue weighted by atomic mass is 16.7. The van der Waals surface area contributed by atoms with Crippen LogP contribution < -0.4 is 14.8 Å². The van der Waals surface area contributed by atoms with E-state index in [0.717, 1.165) is 0 Å². The predicted molar refractivity (Wildman–Crippen MR) is 104 cm³/mol. The van der Waals surface area contributed by atoms with Crippen molar-refractivity contribution >= 4 is 28.5 Å². The maximum Gasteiger partial charge on any atom is 0.291 e. The molecule has 0 fully saturated rings. The summed E-state index contributed by atoms with van der Waals surface area (Å²) in [7, 11) is 0. The van der Waals surface area contributed by atoms with E-state index in [1.54, 1.807) is 29.2 Å². The first kappa shape index (κ1) is 17.9. The topological polar surface area (TPSA) is 81.0 Å². The molecule has 144 valence electrons. The summed E-state index contributed by atoms with van der Waals surface area (Å²) >= 11 is 0. The molecule has 0 spiro atoms. The molecule has 0 saturated carbocycles. The minimum atomic E-state index is -0.363. The highest BCUT2D eigenvalue weighted by Crippen LogP contribution is 2.34. The van der Waals surface area contributed by atoms with E-state index in [1.165, 1.54) is 0 Å². The van der Waals surface area contributed by atoms with Crippen LogP contribution in [0.5, 0.6) is 11.5 Å². The molecule has 1 aliphatic rings. The Hall–Kier alpha value is -3.48. The average molecular weight is 380 g/mol. The maximum atomic E-state index is 12.9. The van der Waals surface area contributed by atoms with Gasteiger partial charge < -0.3 is 24.1 Å². The van der Waals surface area contributed by atoms with Crippen molar-refractivity contribution in [3.63, 3.8) is 0 Å². The number of rotatable bonds is 5. The Bertz CT molecular complexity index is 1050. The van der Waals surface area contributed by atoms with Crippen molar-refractivity contribution in [2.45, 2.75) is 13.8 Å². The zero-order valence-electron chi connectivity index (χ0n) is 15.7. The van der Waals surface area contributed by atoms with Crippen molar-refractivity contribution in [1.82, 2.24) is 4.90 Å². The molecule has 0 aliphatic carbocycles. The number of benzene rings is 2. The number of amides is 2. The molecule has 0 radical (unpaired) electrons. The molecule has 0 unspecified atom stereocenters. The molecule has 4 rings (SSSR count). The number of hydrogen-bond donors (Lipinski definition) is 1. The van der Waals surface area contributed by atoms with Gasteiger partial charge in [-0.3, -0.25) is 9.59 Å². The second-order valence-corrected chi connectivity index (χ2v) is 6.30. The van der Waals surface area contributed by atoms with Gasteiger partial charge in [0.2, 0.25) is 12.6 Å². The Labute approximate surface area is 161 Å². The minimum absolute atomic E-state index is 0.124. The van der Waals surface area contributed by atoms with Crippen LogP contribution in [0.1, 0.15) is 34.8 Å². The van der Waals surface area contributed by atoms with Gasteiger partial charge in [0.25, 0.3) is 11.8 Å². The predicted octanol–water partition coefficient (Wildman–Crippen LogP) is 3.90. The Kier molecular flexibility index (Phi) is 4.65. The van der Waals surface area contributed by atoms with E-state index < -0.39 is 0 Å². The number of carbonyl (C=O) groups excluding carboxylic acids is 2. The minimum Gasteiger partial charge on any atom is -0.454 e. The molecule has 1 aromatic heterocycles. The van der Waals surface area contributed by atoms with E-state index >= 15 is 0 Å². The number of hydrogen-bond acceptors (Lipinski definition) is 5. The monoisotopic (exact) mass is 380 g/mol. The highest BCUT2D eigenvalue weighted by molar-refractivity contribution is 6.14. The molecule has 2 aromatic carbocycles. The summed E-state index contributed by atoms with van der Waals surface area (Å²) in [6, 6.07) is 12.2. The Morgan fingerprint density at radius 1 is 1.04 bits per heavy atom. The van der Waals surface area contributed by atoms with Gasteiger partial charge in [-0.2, -0.15) is 0 Å². The third-order valence-electron chi connectivity index (χ3n) is 4.71. The Morgan fingerprint density at radius 3 is 2.57 bits per heavy atom. The Morgan fingerprint density at radius 2 is 1.79 bits per heavy atom. The van der Waals surface area contributed by atoms with Gasteiger partial charge in [0.1, 0.15) is 11.3 Å². The largest absolute Gasteiger partial charge is 0.454 e. The molecule has 7 heteroatoms. The van der Waals surface area contributed by atoms with Gasteiger partial charge in [-0.15, -0.1) is 0 Å². The highest BCUT2D eigenvalue weighted by Gasteiger charge is 2.26. The third kappa shape index (κ3) is 3.05. The summed E-state index contributed by atoms with van der Waals surface area (Å²) in [5, 5.41) is 3.52. The lowest BCUT2D eigenvalue weighted by atomic mass is 10.1. The van der Waals surface area contributed by atoms with Crippen LogP contribution in [0.4, 0.5) is 5.69 Å². The number of carbonyl (C=O) groups is 2. The second-order valence-electron chi connectivity index (χ2n) is 6.30. The molecule has 7 nitrogen and oxygen atoms in total. The number of furan rings is 1. The fourth-order valence-electron chi connectivity index (χ4n) is 3.20. The van der Waals surface area contributed by atoms with Crippen LogP contribution in [0.3, 0.4) is 0 Å². The van der Waals surface area contributed by atoms with Crippen LogP contribution >= 0.6 is 0 Å². The van der Waals surface area contributed by atoms with Crippen LogP contribution in [0.2, 0.25) is 0 Å². The van der Waals surface area contributed by atoms with Gasteiger partial charge in [0.15, 0.2) is 11.5 Å². The van der Waals surface area contributed by atoms with Crippen molar-refractivity contribution in [2.75, 3.05) is 25.2 Å². The molecular weight excluding hydrogens is 360 g/mol. The summed E-state index contributed by atoms with van der Waals surface area (Å²) in [4.78, 5) is 27.4. The van der Waals surface area contributed by atoms with Gasteiger partial charge in [0, 0.05) is 24.0 Å². The molecule has 2 amide bonds. The molecular formula is C21H20N2O5. The van der Waals surface area contributed by atoms with Gasteiger partial charge in [-0.25, -0.2) is 0 Å². The smallest absolute Gasteiger partial charge is 0.291 e. The lowest BCUT2D eigenvalue weighted by Gasteiger charge is -2.17. The number of nitrogens with one attached hydrogen (secondary N) is 1. The quantitative estimate of drug-likeness (QED) is 0.726. The molecule has 3 aromatic rings. The SMILES string of the molecule is CCN(CC)C(=O)c1oc2ccccc2c1NC(=O)c1ccc2c(c1)OCO2. The molecule has 1 aliphatic heterocycles. The third-order valence-corrected chi connectivity index (χ3v) is 4.71. The van der Waals surface area contributed by atoms with Crippen LogP contribution in [0.15, 0.2) is 46.9 Å². The number of para-hydroxylation sites is 1. The van der Waals surface area contributed by atoms with Crippen molar-refractivity contribution in [1.29, 1.82) is 0 Å². The number of anilines is 1. The first-order valence-corrected chi connectivity index (χ1v) is 9.14. The number of ether oxygens (including phenoxy) is 2. The standard InChI is InChI=1S/C21H20N2O5/c1-3-23(4-2)21(25)19-18(14-7-5-6-8-15(14)28-19)22-20(24)13-9-10-16-17(11-13)27-12-26-16/h5-11H,3-4,12H2,1-2H3,(H,22,24). The van der Waals surface area contributed by atoms with Crippen LogP contribution in [0.25, 0.3) is 11.0 Å². The van der Waals surface area contributed by atoms with Crippen molar-refractivity contribution < 1.29 is 23.5 Å². The van der Waals surface area contributed by atoms with Gasteiger partial charge in [0.05, 0.1) is 0 Å². The average Bonchev–Trinajstić information content (AvgIpc) is 3.33. The van der Waals surface area contributed by atoms with E-state index in [1.807, 2.05) is 32.0 Å². The summed E-state index contributed by atoms with van der Waals surface area (Å²) in [6.45, 7) is 5.02. The summed E-state index contributed by atoms with van der Waals surface area (Å²) in [6.07, 6.45) is 0. The van der Waals surface area contributed by atoms with Crippen LogP contribution in [-0.2, 0) is 0 Å². The molecule has 0 saturated heterocycles. The van der Waals surface area contributed by atoms with Crippen LogP contribution in [-0.4, -0.2) is 36.6 Å². The van der Waals surface area contributed by atoms with Gasteiger partial charge in [-0.1, -0.05) is 12.1 Å². The summed E-state index contributed by atoms with van der Waals surface area (Å²) in [5.41, 5.74) is 1.31. The van der Waals surface area contributed by atoms with Crippen molar-refractivity contribution in [3.8, 4) is 11.5 Å². The molecule has 1 N–H and O–H groups in total. The Balaban J connectivity index is 1.72. The normalized spacial score (nSPS) is 12.2. The van der Waals surface area contributed by atoms with Crippen molar-refractivity contribution in [3.05, 3.63) is 53.8 Å². The summed E-state index contributed by atoms with van der Waals surface area (Å²) in [5.74, 6) is 0.617. The first-order valence-electron chi connectivity index (χ1n) is 9.14. The van der Waals surface area contributed by atoms with E-state index in [4.69, 9.17) is 13.9 Å². The molecule has 28 heavy (non-hydrogen) atoms. The zero-order valence-corrected chi connectivity index (χ0v) is 15.7. The lowest BCUT2D eigenvalue weighted by molar-refractivity contribution is 0.0745. The maximum absolute atomic E-state index is 12.9. The van der Waals surface area contributed by atoms with Crippen LogP contribution in [0, 0.1) is 0 Å². The second kappa shape index (κ2) is 7.26. The summed E-state index contributed by atoms with van der Waals surface area (Å²) < 4.78 is 16.4. The van der Waals surface area contributed by atoms with Gasteiger partial charge in [-0.05, 0) is 44.2 Å². The van der Waals surface area contributed by atoms with E-state index in [2.05, 4.69) is 5.32 Å². The van der Waals surface area contributed by atoms with E-state index in [-0.39, 0.29) is 24.4 Å². The van der Waals surface area contributed by atoms with Gasteiger partial charge >= 0.3 is 0 Å². The lowest BCUT2D eigenvalue weighted by Crippen LogP contribution is -2.31. The number of fused-ring (bicyclic) bond motifs is 2. The fourth-order valence-corrected chi connectivity index (χ4v) is 3.20. The zero-order chi connectivity index (χ0) is 19.7. The van der Waals surface area contributed by atoms with E-state index in [0.29, 0.717) is 46.8 Å². The van der Waals surface area contributed by atoms with Crippen molar-refractivity contribution in [2.24, 2.45) is 0 Å². The van der Waals surface area contributed by atoms with E-state index in [9.17, 15) is 9.59 Å². The molecule has 0 atom stereocenters.